The maximum Gasteiger partial charge on any atom is 0.256 e. The minimum atomic E-state index is -0.526. The van der Waals surface area contributed by atoms with Crippen molar-refractivity contribution in [3.8, 4) is 5.69 Å². The van der Waals surface area contributed by atoms with Gasteiger partial charge in [0.25, 0.3) is 5.91 Å². The summed E-state index contributed by atoms with van der Waals surface area (Å²) in [6, 6.07) is 12.6. The van der Waals surface area contributed by atoms with E-state index in [0.717, 1.165) is 4.47 Å². The quantitative estimate of drug-likeness (QED) is 0.595. The first-order chi connectivity index (χ1) is 13.3. The summed E-state index contributed by atoms with van der Waals surface area (Å²) in [6.45, 7) is 1.40. The molecule has 0 radical (unpaired) electrons. The van der Waals surface area contributed by atoms with Crippen molar-refractivity contribution in [2.75, 3.05) is 11.9 Å². The predicted octanol–water partition coefficient (Wildman–Crippen LogP) is 4.10. The Kier molecular flexibility index (Phi) is 6.11. The summed E-state index contributed by atoms with van der Waals surface area (Å²) in [5, 5.41) is 9.51. The highest BCUT2D eigenvalue weighted by Gasteiger charge is 2.21. The number of aryl methyl sites for hydroxylation is 1. The van der Waals surface area contributed by atoms with Crippen LogP contribution < -0.4 is 10.6 Å². The van der Waals surface area contributed by atoms with Crippen molar-refractivity contribution in [2.45, 2.75) is 6.92 Å². The Morgan fingerprint density at radius 3 is 2.43 bits per heavy atom. The van der Waals surface area contributed by atoms with E-state index in [4.69, 9.17) is 11.6 Å². The number of hydrogen-bond donors (Lipinski definition) is 2. The van der Waals surface area contributed by atoms with Gasteiger partial charge in [-0.3, -0.25) is 9.59 Å². The highest BCUT2D eigenvalue weighted by molar-refractivity contribution is 9.10. The summed E-state index contributed by atoms with van der Waals surface area (Å²) in [5.41, 5.74) is 1.67. The fraction of sp³-hybridized carbons (Fsp3) is 0.105. The van der Waals surface area contributed by atoms with Gasteiger partial charge >= 0.3 is 0 Å². The van der Waals surface area contributed by atoms with Crippen molar-refractivity contribution >= 4 is 45.0 Å². The normalized spacial score (nSPS) is 10.6. The zero-order valence-corrected chi connectivity index (χ0v) is 17.0. The third kappa shape index (κ3) is 4.58. The van der Waals surface area contributed by atoms with Crippen LogP contribution in [0.3, 0.4) is 0 Å². The van der Waals surface area contributed by atoms with E-state index >= 15 is 0 Å². The van der Waals surface area contributed by atoms with E-state index in [1.807, 2.05) is 0 Å². The van der Waals surface area contributed by atoms with E-state index < -0.39 is 11.7 Å². The lowest BCUT2D eigenvalue weighted by Gasteiger charge is -2.07. The lowest BCUT2D eigenvalue weighted by Crippen LogP contribution is -2.33. The molecule has 0 saturated carbocycles. The van der Waals surface area contributed by atoms with E-state index in [1.165, 1.54) is 28.9 Å². The second kappa shape index (κ2) is 8.53. The highest BCUT2D eigenvalue weighted by atomic mass is 79.9. The van der Waals surface area contributed by atoms with Crippen molar-refractivity contribution in [1.29, 1.82) is 0 Å². The number of hydrogen-bond acceptors (Lipinski definition) is 3. The monoisotopic (exact) mass is 464 g/mol. The largest absolute Gasteiger partial charge is 0.343 e. The molecule has 9 heteroatoms. The third-order valence-electron chi connectivity index (χ3n) is 3.84. The number of nitrogens with one attached hydrogen (secondary N) is 2. The molecular formula is C19H15BrClFN4O2. The molecule has 3 aromatic rings. The zero-order valence-electron chi connectivity index (χ0n) is 14.7. The van der Waals surface area contributed by atoms with E-state index in [9.17, 15) is 14.0 Å². The molecule has 0 bridgehead atoms. The van der Waals surface area contributed by atoms with Crippen molar-refractivity contribution in [1.82, 2.24) is 15.1 Å². The van der Waals surface area contributed by atoms with Crippen molar-refractivity contribution in [2.24, 2.45) is 0 Å². The van der Waals surface area contributed by atoms with Crippen LogP contribution in [-0.4, -0.2) is 28.1 Å². The van der Waals surface area contributed by atoms with Crippen molar-refractivity contribution in [3.63, 3.8) is 0 Å². The van der Waals surface area contributed by atoms with E-state index in [2.05, 4.69) is 31.7 Å². The van der Waals surface area contributed by atoms with Crippen LogP contribution in [0.15, 0.2) is 53.0 Å². The Balaban J connectivity index is 1.68. The number of amides is 2. The number of anilines is 1. The minimum Gasteiger partial charge on any atom is -0.343 e. The van der Waals surface area contributed by atoms with Gasteiger partial charge < -0.3 is 10.6 Å². The number of halogens is 3. The molecule has 0 aliphatic heterocycles. The Labute approximate surface area is 173 Å². The smallest absolute Gasteiger partial charge is 0.256 e. The summed E-state index contributed by atoms with van der Waals surface area (Å²) < 4.78 is 15.3. The molecule has 0 aliphatic carbocycles. The second-order valence-corrected chi connectivity index (χ2v) is 7.15. The number of benzene rings is 2. The van der Waals surface area contributed by atoms with Crippen molar-refractivity contribution < 1.29 is 14.0 Å². The van der Waals surface area contributed by atoms with Crippen LogP contribution in [0.2, 0.25) is 5.15 Å². The van der Waals surface area contributed by atoms with Gasteiger partial charge in [0.05, 0.1) is 23.5 Å². The Morgan fingerprint density at radius 2 is 1.79 bits per heavy atom. The molecule has 28 heavy (non-hydrogen) atoms. The highest BCUT2D eigenvalue weighted by Crippen LogP contribution is 2.23. The molecule has 0 unspecified atom stereocenters. The van der Waals surface area contributed by atoms with Crippen LogP contribution in [0.25, 0.3) is 5.69 Å². The molecule has 0 spiro atoms. The number of aromatic nitrogens is 2. The van der Waals surface area contributed by atoms with Crippen LogP contribution in [0.5, 0.6) is 0 Å². The summed E-state index contributed by atoms with van der Waals surface area (Å²) in [5.74, 6) is -1.30. The number of carbonyl (C=O) groups is 2. The molecule has 0 fully saturated rings. The summed E-state index contributed by atoms with van der Waals surface area (Å²) in [6.07, 6.45) is 0. The first-order valence-corrected chi connectivity index (χ1v) is 9.37. The van der Waals surface area contributed by atoms with Gasteiger partial charge in [-0.25, -0.2) is 9.07 Å². The van der Waals surface area contributed by atoms with Gasteiger partial charge in [-0.2, -0.15) is 5.10 Å². The van der Waals surface area contributed by atoms with Crippen LogP contribution in [0.1, 0.15) is 16.1 Å². The van der Waals surface area contributed by atoms with Gasteiger partial charge in [0, 0.05) is 10.2 Å². The van der Waals surface area contributed by atoms with Gasteiger partial charge in [-0.1, -0.05) is 27.5 Å². The van der Waals surface area contributed by atoms with E-state index in [0.29, 0.717) is 17.1 Å². The Hall–Kier alpha value is -2.71. The van der Waals surface area contributed by atoms with Crippen LogP contribution in [-0.2, 0) is 4.79 Å². The van der Waals surface area contributed by atoms with Gasteiger partial charge in [-0.05, 0) is 55.5 Å². The minimum absolute atomic E-state index is 0.0786. The predicted molar refractivity (Wildman–Crippen MR) is 108 cm³/mol. The SMILES string of the molecule is Cc1nn(-c2ccc(F)cc2)c(Cl)c1C(=O)NCC(=O)Nc1ccc(Br)cc1. The lowest BCUT2D eigenvalue weighted by molar-refractivity contribution is -0.115. The van der Waals surface area contributed by atoms with Gasteiger partial charge in [0.1, 0.15) is 11.0 Å². The van der Waals surface area contributed by atoms with Crippen LogP contribution in [0, 0.1) is 12.7 Å². The molecule has 6 nitrogen and oxygen atoms in total. The number of nitrogens with zero attached hydrogens (tertiary/aromatic N) is 2. The van der Waals surface area contributed by atoms with Gasteiger partial charge in [0.2, 0.25) is 5.91 Å². The summed E-state index contributed by atoms with van der Waals surface area (Å²) in [7, 11) is 0. The molecule has 1 aromatic heterocycles. The fourth-order valence-electron chi connectivity index (χ4n) is 2.50. The molecule has 144 valence electrons. The molecule has 3 rings (SSSR count). The number of rotatable bonds is 5. The van der Waals surface area contributed by atoms with Gasteiger partial charge in [0.15, 0.2) is 0 Å². The molecule has 1 heterocycles. The Morgan fingerprint density at radius 1 is 1.14 bits per heavy atom. The van der Waals surface area contributed by atoms with Crippen LogP contribution >= 0.6 is 27.5 Å². The maximum atomic E-state index is 13.1. The standard InChI is InChI=1S/C19H15BrClFN4O2/c1-11-17(18(21)26(25-11)15-8-4-13(22)5-9-15)19(28)23-10-16(27)24-14-6-2-12(20)3-7-14/h2-9H,10H2,1H3,(H,23,28)(H,24,27). The fourth-order valence-corrected chi connectivity index (χ4v) is 3.12. The Bertz CT molecular complexity index is 1020. The van der Waals surface area contributed by atoms with Crippen LogP contribution in [0.4, 0.5) is 10.1 Å². The number of carbonyl (C=O) groups excluding carboxylic acids is 2. The zero-order chi connectivity index (χ0) is 20.3. The first kappa shape index (κ1) is 20.0. The molecule has 0 saturated heterocycles. The van der Waals surface area contributed by atoms with Crippen molar-refractivity contribution in [3.05, 3.63) is 75.2 Å². The summed E-state index contributed by atoms with van der Waals surface area (Å²) in [4.78, 5) is 24.5. The molecule has 2 aromatic carbocycles. The van der Waals surface area contributed by atoms with Gasteiger partial charge in [-0.15, -0.1) is 0 Å². The maximum absolute atomic E-state index is 13.1. The molecule has 2 amide bonds. The molecule has 2 N–H and O–H groups in total. The molecule has 0 aliphatic rings. The van der Waals surface area contributed by atoms with E-state index in [1.54, 1.807) is 31.2 Å². The average Bonchev–Trinajstić information content (AvgIpc) is 2.96. The van der Waals surface area contributed by atoms with E-state index in [-0.39, 0.29) is 23.2 Å². The second-order valence-electron chi connectivity index (χ2n) is 5.88. The topological polar surface area (TPSA) is 76.0 Å². The average molecular weight is 466 g/mol. The molecule has 0 atom stereocenters. The third-order valence-corrected chi connectivity index (χ3v) is 4.72. The first-order valence-electron chi connectivity index (χ1n) is 8.20. The molecular weight excluding hydrogens is 451 g/mol. The summed E-state index contributed by atoms with van der Waals surface area (Å²) >= 11 is 9.61. The lowest BCUT2D eigenvalue weighted by atomic mass is 10.2.